The Morgan fingerprint density at radius 2 is 2.14 bits per heavy atom. The zero-order valence-electron chi connectivity index (χ0n) is 8.20. The maximum atomic E-state index is 9.79. The average molecular weight is 260 g/mol. The van der Waals surface area contributed by atoms with Crippen LogP contribution in [0.15, 0.2) is 22.7 Å². The number of methoxy groups -OCH3 is 1. The van der Waals surface area contributed by atoms with Gasteiger partial charge >= 0.3 is 0 Å². The quantitative estimate of drug-likeness (QED) is 0.871. The minimum absolute atomic E-state index is 0.307. The Balaban J connectivity index is 3.05. The van der Waals surface area contributed by atoms with E-state index < -0.39 is 6.10 Å². The van der Waals surface area contributed by atoms with E-state index in [2.05, 4.69) is 15.9 Å². The summed E-state index contributed by atoms with van der Waals surface area (Å²) in [6, 6.07) is 5.12. The third-order valence-corrected chi connectivity index (χ3v) is 2.74. The SMILES string of the molecule is COc1ccc(Br)c(C(O)C(C)N)c1. The molecule has 0 saturated carbocycles. The second-order valence-electron chi connectivity index (χ2n) is 3.19. The normalized spacial score (nSPS) is 14.9. The molecule has 3 N–H and O–H groups in total. The predicted octanol–water partition coefficient (Wildman–Crippen LogP) is 1.84. The van der Waals surface area contributed by atoms with Gasteiger partial charge in [0.25, 0.3) is 0 Å². The Kier molecular flexibility index (Phi) is 3.92. The van der Waals surface area contributed by atoms with Crippen LogP contribution in [-0.2, 0) is 0 Å². The van der Waals surface area contributed by atoms with Crippen LogP contribution in [0.4, 0.5) is 0 Å². The summed E-state index contributed by atoms with van der Waals surface area (Å²) >= 11 is 3.36. The summed E-state index contributed by atoms with van der Waals surface area (Å²) in [5.41, 5.74) is 6.37. The number of ether oxygens (including phenoxy) is 1. The number of benzene rings is 1. The molecule has 0 spiro atoms. The monoisotopic (exact) mass is 259 g/mol. The van der Waals surface area contributed by atoms with Crippen LogP contribution in [0.1, 0.15) is 18.6 Å². The lowest BCUT2D eigenvalue weighted by Gasteiger charge is -2.17. The van der Waals surface area contributed by atoms with Crippen LogP contribution in [-0.4, -0.2) is 18.3 Å². The van der Waals surface area contributed by atoms with Gasteiger partial charge in [-0.2, -0.15) is 0 Å². The van der Waals surface area contributed by atoms with E-state index in [9.17, 15) is 5.11 Å². The first-order valence-corrected chi connectivity index (χ1v) is 5.12. The first-order chi connectivity index (χ1) is 6.56. The summed E-state index contributed by atoms with van der Waals surface area (Å²) in [7, 11) is 1.59. The van der Waals surface area contributed by atoms with Gasteiger partial charge in [0.05, 0.1) is 13.2 Å². The van der Waals surface area contributed by atoms with Crippen molar-refractivity contribution >= 4 is 15.9 Å². The third kappa shape index (κ3) is 2.47. The summed E-state index contributed by atoms with van der Waals surface area (Å²) in [4.78, 5) is 0. The van der Waals surface area contributed by atoms with Gasteiger partial charge in [0, 0.05) is 10.5 Å². The van der Waals surface area contributed by atoms with Crippen molar-refractivity contribution in [3.8, 4) is 5.75 Å². The molecule has 2 unspecified atom stereocenters. The van der Waals surface area contributed by atoms with Gasteiger partial charge in [-0.15, -0.1) is 0 Å². The predicted molar refractivity (Wildman–Crippen MR) is 59.3 cm³/mol. The Hall–Kier alpha value is -0.580. The van der Waals surface area contributed by atoms with Gasteiger partial charge in [0.2, 0.25) is 0 Å². The Labute approximate surface area is 92.0 Å². The van der Waals surface area contributed by atoms with E-state index in [1.54, 1.807) is 20.1 Å². The minimum atomic E-state index is -0.681. The van der Waals surface area contributed by atoms with Crippen LogP contribution in [0.2, 0.25) is 0 Å². The van der Waals surface area contributed by atoms with Gasteiger partial charge in [-0.05, 0) is 30.7 Å². The van der Waals surface area contributed by atoms with Crippen LogP contribution < -0.4 is 10.5 Å². The summed E-state index contributed by atoms with van der Waals surface area (Å²) in [6.45, 7) is 1.76. The second kappa shape index (κ2) is 4.77. The van der Waals surface area contributed by atoms with Gasteiger partial charge in [0.15, 0.2) is 0 Å². The fourth-order valence-corrected chi connectivity index (χ4v) is 1.64. The van der Waals surface area contributed by atoms with E-state index in [4.69, 9.17) is 10.5 Å². The molecule has 0 radical (unpaired) electrons. The summed E-state index contributed by atoms with van der Waals surface area (Å²) in [5.74, 6) is 0.711. The van der Waals surface area contributed by atoms with Crippen LogP contribution >= 0.6 is 15.9 Å². The third-order valence-electron chi connectivity index (χ3n) is 2.02. The Morgan fingerprint density at radius 1 is 1.50 bits per heavy atom. The number of hydrogen-bond donors (Lipinski definition) is 2. The molecule has 78 valence electrons. The van der Waals surface area contributed by atoms with Crippen LogP contribution in [0.25, 0.3) is 0 Å². The number of aliphatic hydroxyl groups is 1. The van der Waals surface area contributed by atoms with Gasteiger partial charge in [-0.3, -0.25) is 0 Å². The molecule has 1 aromatic carbocycles. The molecular formula is C10H14BrNO2. The van der Waals surface area contributed by atoms with Crippen molar-refractivity contribution in [1.82, 2.24) is 0 Å². The first-order valence-electron chi connectivity index (χ1n) is 4.33. The minimum Gasteiger partial charge on any atom is -0.497 e. The van der Waals surface area contributed by atoms with E-state index in [-0.39, 0.29) is 6.04 Å². The second-order valence-corrected chi connectivity index (χ2v) is 4.05. The highest BCUT2D eigenvalue weighted by molar-refractivity contribution is 9.10. The maximum absolute atomic E-state index is 9.79. The van der Waals surface area contributed by atoms with E-state index in [1.165, 1.54) is 0 Å². The number of aliphatic hydroxyl groups excluding tert-OH is 1. The fourth-order valence-electron chi connectivity index (χ4n) is 1.16. The van der Waals surface area contributed by atoms with Gasteiger partial charge < -0.3 is 15.6 Å². The molecule has 0 fully saturated rings. The zero-order chi connectivity index (χ0) is 10.7. The molecule has 14 heavy (non-hydrogen) atoms. The first kappa shape index (κ1) is 11.5. The van der Waals surface area contributed by atoms with Gasteiger partial charge in [-0.1, -0.05) is 15.9 Å². The van der Waals surface area contributed by atoms with Crippen molar-refractivity contribution in [3.63, 3.8) is 0 Å². The molecule has 0 amide bonds. The molecule has 0 heterocycles. The van der Waals surface area contributed by atoms with E-state index in [1.807, 2.05) is 12.1 Å². The molecule has 0 aliphatic rings. The lowest BCUT2D eigenvalue weighted by molar-refractivity contribution is 0.152. The molecule has 0 bridgehead atoms. The standard InChI is InChI=1S/C10H14BrNO2/c1-6(12)10(13)8-5-7(14-2)3-4-9(8)11/h3-6,10,13H,12H2,1-2H3. The van der Waals surface area contributed by atoms with E-state index >= 15 is 0 Å². The molecule has 3 nitrogen and oxygen atoms in total. The maximum Gasteiger partial charge on any atom is 0.119 e. The fraction of sp³-hybridized carbons (Fsp3) is 0.400. The van der Waals surface area contributed by atoms with Crippen LogP contribution in [0.5, 0.6) is 5.75 Å². The Morgan fingerprint density at radius 3 is 2.64 bits per heavy atom. The Bertz CT molecular complexity index is 315. The van der Waals surface area contributed by atoms with Gasteiger partial charge in [-0.25, -0.2) is 0 Å². The molecule has 2 atom stereocenters. The van der Waals surface area contributed by atoms with Crippen LogP contribution in [0, 0.1) is 0 Å². The highest BCUT2D eigenvalue weighted by Crippen LogP contribution is 2.28. The molecule has 0 aromatic heterocycles. The van der Waals surface area contributed by atoms with Crippen molar-refractivity contribution in [2.24, 2.45) is 5.73 Å². The number of halogens is 1. The molecule has 1 aromatic rings. The topological polar surface area (TPSA) is 55.5 Å². The largest absolute Gasteiger partial charge is 0.497 e. The number of hydrogen-bond acceptors (Lipinski definition) is 3. The molecule has 0 aliphatic heterocycles. The highest BCUT2D eigenvalue weighted by atomic mass is 79.9. The van der Waals surface area contributed by atoms with Crippen molar-refractivity contribution in [1.29, 1.82) is 0 Å². The summed E-state index contributed by atoms with van der Waals surface area (Å²) in [5, 5.41) is 9.79. The molecule has 4 heteroatoms. The lowest BCUT2D eigenvalue weighted by Crippen LogP contribution is -2.24. The number of rotatable bonds is 3. The van der Waals surface area contributed by atoms with Crippen molar-refractivity contribution in [2.45, 2.75) is 19.1 Å². The smallest absolute Gasteiger partial charge is 0.119 e. The van der Waals surface area contributed by atoms with Gasteiger partial charge in [0.1, 0.15) is 5.75 Å². The van der Waals surface area contributed by atoms with Crippen molar-refractivity contribution in [2.75, 3.05) is 7.11 Å². The highest BCUT2D eigenvalue weighted by Gasteiger charge is 2.16. The molecule has 0 saturated heterocycles. The summed E-state index contributed by atoms with van der Waals surface area (Å²) in [6.07, 6.45) is -0.681. The van der Waals surface area contributed by atoms with E-state index in [0.717, 1.165) is 10.0 Å². The van der Waals surface area contributed by atoms with E-state index in [0.29, 0.717) is 5.75 Å². The average Bonchev–Trinajstić information content (AvgIpc) is 2.17. The molecule has 1 rings (SSSR count). The molecule has 0 aliphatic carbocycles. The van der Waals surface area contributed by atoms with Crippen molar-refractivity contribution < 1.29 is 9.84 Å². The van der Waals surface area contributed by atoms with Crippen molar-refractivity contribution in [3.05, 3.63) is 28.2 Å². The summed E-state index contributed by atoms with van der Waals surface area (Å²) < 4.78 is 5.90. The molecular weight excluding hydrogens is 246 g/mol. The van der Waals surface area contributed by atoms with Crippen LogP contribution in [0.3, 0.4) is 0 Å². The lowest BCUT2D eigenvalue weighted by atomic mass is 10.0. The zero-order valence-corrected chi connectivity index (χ0v) is 9.78. The number of nitrogens with two attached hydrogens (primary N) is 1.